The molecule has 0 radical (unpaired) electrons. The van der Waals surface area contributed by atoms with Gasteiger partial charge in [-0.25, -0.2) is 0 Å². The van der Waals surface area contributed by atoms with Gasteiger partial charge in [-0.05, 0) is 6.42 Å². The first-order valence-electron chi connectivity index (χ1n) is 2.12. The fourth-order valence-corrected chi connectivity index (χ4v) is 0.981. The second kappa shape index (κ2) is 7.27. The lowest BCUT2D eigenvalue weighted by Crippen LogP contribution is -2.24. The highest BCUT2D eigenvalue weighted by Crippen LogP contribution is 1.91. The van der Waals surface area contributed by atoms with Crippen LogP contribution in [0.3, 0.4) is 0 Å². The Morgan fingerprint density at radius 1 is 1.00 bits per heavy atom. The quantitative estimate of drug-likeness (QED) is 0.492. The third kappa shape index (κ3) is 4.43. The van der Waals surface area contributed by atoms with Crippen LogP contribution in [0.2, 0.25) is 0 Å². The minimum atomic E-state index is 0. The van der Waals surface area contributed by atoms with Crippen molar-refractivity contribution in [1.82, 2.24) is 9.44 Å². The Morgan fingerprint density at radius 3 is 1.62 bits per heavy atom. The highest BCUT2D eigenvalue weighted by molar-refractivity contribution is 7.95. The predicted octanol–water partition coefficient (Wildman–Crippen LogP) is 1.40. The summed E-state index contributed by atoms with van der Waals surface area (Å²) in [5.74, 6) is 0. The molecule has 0 unspecified atom stereocenters. The molecular formula is C5H16N2S. The van der Waals surface area contributed by atoms with Crippen molar-refractivity contribution in [3.8, 4) is 0 Å². The van der Waals surface area contributed by atoms with Gasteiger partial charge in [0, 0.05) is 25.2 Å². The van der Waals surface area contributed by atoms with E-state index in [1.54, 1.807) is 12.1 Å². The van der Waals surface area contributed by atoms with Gasteiger partial charge in [-0.3, -0.25) is 9.44 Å². The maximum Gasteiger partial charge on any atom is 0.00829 e. The maximum atomic E-state index is 3.09. The lowest BCUT2D eigenvalue weighted by molar-refractivity contribution is 0.742. The molecule has 0 atom stereocenters. The first-order valence-corrected chi connectivity index (χ1v) is 2.93. The van der Waals surface area contributed by atoms with Crippen LogP contribution >= 0.6 is 12.1 Å². The van der Waals surface area contributed by atoms with Gasteiger partial charge in [-0.2, -0.15) is 0 Å². The summed E-state index contributed by atoms with van der Waals surface area (Å²) in [6.45, 7) is 2.30. The molecule has 1 fully saturated rings. The Kier molecular flexibility index (Phi) is 10.1. The Morgan fingerprint density at radius 2 is 1.50 bits per heavy atom. The molecule has 1 aliphatic heterocycles. The minimum Gasteiger partial charge on any atom is -0.251 e. The largest absolute Gasteiger partial charge is 0.251 e. The Labute approximate surface area is 56.7 Å². The summed E-state index contributed by atoms with van der Waals surface area (Å²) >= 11 is 1.59. The molecule has 0 spiro atoms. The summed E-state index contributed by atoms with van der Waals surface area (Å²) in [4.78, 5) is 0. The van der Waals surface area contributed by atoms with E-state index in [2.05, 4.69) is 9.44 Å². The third-order valence-electron chi connectivity index (χ3n) is 0.702. The van der Waals surface area contributed by atoms with Crippen molar-refractivity contribution in [2.24, 2.45) is 0 Å². The van der Waals surface area contributed by atoms with E-state index in [0.717, 1.165) is 13.1 Å². The standard InChI is InChI=1S/C3H8N2S.2CH4/c1-2-4-6-5-3-1;;/h4-5H,1-3H2;2*1H4. The zero-order chi connectivity index (χ0) is 4.24. The Hall–Kier alpha value is 0.270. The topological polar surface area (TPSA) is 24.1 Å². The highest BCUT2D eigenvalue weighted by atomic mass is 32.2. The van der Waals surface area contributed by atoms with Gasteiger partial charge in [0.1, 0.15) is 0 Å². The summed E-state index contributed by atoms with van der Waals surface area (Å²) in [5, 5.41) is 0. The van der Waals surface area contributed by atoms with Crippen LogP contribution in [0.1, 0.15) is 21.3 Å². The van der Waals surface area contributed by atoms with E-state index in [0.29, 0.717) is 0 Å². The molecule has 2 nitrogen and oxygen atoms in total. The van der Waals surface area contributed by atoms with Gasteiger partial charge < -0.3 is 0 Å². The molecule has 1 heterocycles. The zero-order valence-electron chi connectivity index (χ0n) is 3.53. The van der Waals surface area contributed by atoms with Crippen LogP contribution in [0.4, 0.5) is 0 Å². The first-order chi connectivity index (χ1) is 3.00. The van der Waals surface area contributed by atoms with Crippen molar-refractivity contribution in [3.63, 3.8) is 0 Å². The number of rotatable bonds is 0. The molecule has 0 amide bonds. The average molecular weight is 136 g/mol. The lowest BCUT2D eigenvalue weighted by Gasteiger charge is -2.09. The van der Waals surface area contributed by atoms with E-state index < -0.39 is 0 Å². The molecular weight excluding hydrogens is 120 g/mol. The molecule has 0 bridgehead atoms. The maximum absolute atomic E-state index is 3.09. The molecule has 8 heavy (non-hydrogen) atoms. The zero-order valence-corrected chi connectivity index (χ0v) is 4.35. The van der Waals surface area contributed by atoms with Gasteiger partial charge in [-0.15, -0.1) is 0 Å². The molecule has 52 valence electrons. The summed E-state index contributed by atoms with van der Waals surface area (Å²) < 4.78 is 6.18. The highest BCUT2D eigenvalue weighted by Gasteiger charge is 1.92. The second-order valence-corrected chi connectivity index (χ2v) is 2.03. The van der Waals surface area contributed by atoms with Gasteiger partial charge in [-0.1, -0.05) is 14.9 Å². The van der Waals surface area contributed by atoms with Gasteiger partial charge in [0.2, 0.25) is 0 Å². The van der Waals surface area contributed by atoms with E-state index in [1.807, 2.05) is 0 Å². The van der Waals surface area contributed by atoms with E-state index in [1.165, 1.54) is 6.42 Å². The second-order valence-electron chi connectivity index (χ2n) is 1.24. The van der Waals surface area contributed by atoms with Crippen molar-refractivity contribution in [2.75, 3.05) is 13.1 Å². The molecule has 0 aromatic rings. The summed E-state index contributed by atoms with van der Waals surface area (Å²) in [7, 11) is 0. The van der Waals surface area contributed by atoms with Crippen LogP contribution in [-0.2, 0) is 0 Å². The van der Waals surface area contributed by atoms with Crippen molar-refractivity contribution in [2.45, 2.75) is 21.3 Å². The number of hydrogen-bond acceptors (Lipinski definition) is 3. The molecule has 0 aromatic carbocycles. The van der Waals surface area contributed by atoms with Crippen LogP contribution in [-0.4, -0.2) is 13.1 Å². The van der Waals surface area contributed by atoms with Crippen LogP contribution in [0, 0.1) is 0 Å². The number of hydrogen-bond donors (Lipinski definition) is 2. The van der Waals surface area contributed by atoms with Gasteiger partial charge in [0.25, 0.3) is 0 Å². The number of nitrogens with one attached hydrogen (secondary N) is 2. The van der Waals surface area contributed by atoms with E-state index >= 15 is 0 Å². The van der Waals surface area contributed by atoms with Gasteiger partial charge in [0.05, 0.1) is 0 Å². The smallest absolute Gasteiger partial charge is 0.00829 e. The normalized spacial score (nSPS) is 18.0. The average Bonchev–Trinajstić information content (AvgIpc) is 1.72. The molecule has 0 aliphatic carbocycles. The Balaban J connectivity index is 0. The Bertz CT molecular complexity index is 25.9. The molecule has 3 heteroatoms. The SMILES string of the molecule is C.C.C1CNSNC1. The van der Waals surface area contributed by atoms with Crippen molar-refractivity contribution < 1.29 is 0 Å². The van der Waals surface area contributed by atoms with Crippen LogP contribution < -0.4 is 9.44 Å². The molecule has 1 rings (SSSR count). The van der Waals surface area contributed by atoms with Gasteiger partial charge >= 0.3 is 0 Å². The van der Waals surface area contributed by atoms with Crippen LogP contribution in [0.25, 0.3) is 0 Å². The summed E-state index contributed by atoms with van der Waals surface area (Å²) in [6.07, 6.45) is 1.26. The molecule has 1 aliphatic rings. The van der Waals surface area contributed by atoms with Crippen molar-refractivity contribution in [1.29, 1.82) is 0 Å². The molecule has 1 saturated heterocycles. The lowest BCUT2D eigenvalue weighted by atomic mass is 10.4. The van der Waals surface area contributed by atoms with Crippen LogP contribution in [0.5, 0.6) is 0 Å². The molecule has 0 saturated carbocycles. The fourth-order valence-electron chi connectivity index (χ4n) is 0.386. The third-order valence-corrected chi connectivity index (χ3v) is 1.40. The first kappa shape index (κ1) is 11.1. The van der Waals surface area contributed by atoms with E-state index in [4.69, 9.17) is 0 Å². The van der Waals surface area contributed by atoms with E-state index in [-0.39, 0.29) is 14.9 Å². The predicted molar refractivity (Wildman–Crippen MR) is 41.7 cm³/mol. The summed E-state index contributed by atoms with van der Waals surface area (Å²) in [5.41, 5.74) is 0. The summed E-state index contributed by atoms with van der Waals surface area (Å²) in [6, 6.07) is 0. The van der Waals surface area contributed by atoms with Crippen molar-refractivity contribution in [3.05, 3.63) is 0 Å². The van der Waals surface area contributed by atoms with E-state index in [9.17, 15) is 0 Å². The van der Waals surface area contributed by atoms with Crippen molar-refractivity contribution >= 4 is 12.1 Å². The van der Waals surface area contributed by atoms with Crippen LogP contribution in [0.15, 0.2) is 0 Å². The molecule has 0 aromatic heterocycles. The van der Waals surface area contributed by atoms with Gasteiger partial charge in [0.15, 0.2) is 0 Å². The fraction of sp³-hybridized carbons (Fsp3) is 1.00. The molecule has 2 N–H and O–H groups in total. The monoisotopic (exact) mass is 136 g/mol. The minimum absolute atomic E-state index is 0.